The van der Waals surface area contributed by atoms with E-state index in [4.69, 9.17) is 47.4 Å². The zero-order valence-corrected chi connectivity index (χ0v) is 41.7. The van der Waals surface area contributed by atoms with E-state index >= 15 is 0 Å². The Kier molecular flexibility index (Phi) is 15.9. The van der Waals surface area contributed by atoms with Crippen molar-refractivity contribution in [3.63, 3.8) is 0 Å². The first-order valence-corrected chi connectivity index (χ1v) is 26.7. The minimum atomic E-state index is -1.98. The highest BCUT2D eigenvalue weighted by atomic mass is 16.8. The summed E-state index contributed by atoms with van der Waals surface area (Å²) >= 11 is 0. The molecule has 0 radical (unpaired) electrons. The predicted molar refractivity (Wildman–Crippen MR) is 242 cm³/mol. The zero-order valence-electron chi connectivity index (χ0n) is 41.7. The Bertz CT molecular complexity index is 1830. The second-order valence-corrected chi connectivity index (χ2v) is 23.9. The van der Waals surface area contributed by atoms with Crippen LogP contribution in [0.3, 0.4) is 0 Å². The van der Waals surface area contributed by atoms with Crippen molar-refractivity contribution < 1.29 is 109 Å². The van der Waals surface area contributed by atoms with Crippen LogP contribution in [0.25, 0.3) is 0 Å². The summed E-state index contributed by atoms with van der Waals surface area (Å²) in [6, 6.07) is 0. The molecule has 10 aliphatic rings. The molecule has 4 aliphatic carbocycles. The van der Waals surface area contributed by atoms with Crippen LogP contribution < -0.4 is 0 Å². The van der Waals surface area contributed by atoms with E-state index in [1.165, 1.54) is 12.8 Å². The summed E-state index contributed by atoms with van der Waals surface area (Å²) in [5.41, 5.74) is 0.299. The molecule has 0 aromatic rings. The second-order valence-electron chi connectivity index (χ2n) is 23.9. The Labute approximate surface area is 419 Å². The second kappa shape index (κ2) is 21.1. The molecule has 10 fully saturated rings. The Morgan fingerprint density at radius 2 is 1.12 bits per heavy atom. The van der Waals surface area contributed by atoms with Gasteiger partial charge in [0.2, 0.25) is 0 Å². The van der Waals surface area contributed by atoms with Crippen molar-refractivity contribution in [2.75, 3.05) is 33.0 Å². The lowest BCUT2D eigenvalue weighted by Gasteiger charge is -2.61. The first-order chi connectivity index (χ1) is 34.3. The molecule has 4 saturated carbocycles. The summed E-state index contributed by atoms with van der Waals surface area (Å²) in [6.07, 6.45) is -22.5. The lowest BCUT2D eigenvalue weighted by molar-refractivity contribution is -0.401. The van der Waals surface area contributed by atoms with Gasteiger partial charge in [-0.05, 0) is 104 Å². The van der Waals surface area contributed by atoms with E-state index in [1.807, 2.05) is 0 Å². The third-order valence-electron chi connectivity index (χ3n) is 20.0. The molecule has 22 nitrogen and oxygen atoms in total. The molecule has 72 heavy (non-hydrogen) atoms. The highest BCUT2D eigenvalue weighted by molar-refractivity contribution is 5.15. The van der Waals surface area contributed by atoms with Crippen LogP contribution in [0.5, 0.6) is 0 Å². The minimum absolute atomic E-state index is 0.0957. The van der Waals surface area contributed by atoms with Crippen LogP contribution in [0, 0.1) is 52.3 Å². The lowest BCUT2D eigenvalue weighted by Crippen LogP contribution is -2.68. The molecule has 414 valence electrons. The first-order valence-electron chi connectivity index (χ1n) is 26.7. The molecule has 6 saturated heterocycles. The maximum Gasteiger partial charge on any atom is 0.187 e. The van der Waals surface area contributed by atoms with Crippen molar-refractivity contribution in [2.24, 2.45) is 52.3 Å². The molecule has 0 aromatic heterocycles. The summed E-state index contributed by atoms with van der Waals surface area (Å²) in [5, 5.41) is 129. The van der Waals surface area contributed by atoms with Gasteiger partial charge in [-0.2, -0.15) is 0 Å². The first kappa shape index (κ1) is 54.5. The molecule has 6 aliphatic heterocycles. The number of fused-ring (bicyclic) bond motifs is 7. The van der Waals surface area contributed by atoms with Crippen molar-refractivity contribution in [1.82, 2.24) is 0 Å². The fourth-order valence-corrected chi connectivity index (χ4v) is 15.9. The summed E-state index contributed by atoms with van der Waals surface area (Å²) in [7, 11) is 0. The number of rotatable bonds is 11. The molecule has 6 heterocycles. The standard InChI is InChI=1S/C50H82O22/c1-20-7-12-50(64-18-20)21(2)32-28(72-50)14-26-24-6-5-22-13-23(8-10-48(22,3)25(24)9-11-49(26,32)4)65-45-39(61)36(58)41(30(16-52)67-45)70-47-43(71-46-38(60)35(57)34(56)29(15-51)66-46)40(62)42(31(17-53)68-47)69-44-37(59)33(55)27(54)19-63-44/h20-47,51-62H,5-19H2,1-4H3/t20-,21+,22+,23+,24-,25+,26+,27-,28+,29-,30-,31-,32+,33+,34-,35+,36-,37-,38-,39-,40+,41+,42-,43-,44+,45-,46+,47+,48+,49+,50-/m1/s1. The Balaban J connectivity index is 0.800. The molecule has 1 spiro atoms. The number of hydrogen-bond donors (Lipinski definition) is 12. The summed E-state index contributed by atoms with van der Waals surface area (Å²) in [6.45, 7) is 7.48. The van der Waals surface area contributed by atoms with E-state index in [0.717, 1.165) is 51.6 Å². The van der Waals surface area contributed by atoms with Gasteiger partial charge in [0.25, 0.3) is 0 Å². The van der Waals surface area contributed by atoms with Gasteiger partial charge in [-0.1, -0.05) is 27.7 Å². The van der Waals surface area contributed by atoms with Gasteiger partial charge in [-0.15, -0.1) is 0 Å². The van der Waals surface area contributed by atoms with Crippen molar-refractivity contribution in [3.05, 3.63) is 0 Å². The van der Waals surface area contributed by atoms with E-state index in [-0.39, 0.29) is 23.0 Å². The third kappa shape index (κ3) is 9.26. The van der Waals surface area contributed by atoms with Gasteiger partial charge in [-0.3, -0.25) is 0 Å². The minimum Gasteiger partial charge on any atom is -0.394 e. The Hall–Kier alpha value is -0.880. The maximum absolute atomic E-state index is 11.9. The Morgan fingerprint density at radius 1 is 0.514 bits per heavy atom. The topological polar surface area (TPSA) is 335 Å². The van der Waals surface area contributed by atoms with Crippen LogP contribution in [0.15, 0.2) is 0 Å². The smallest absolute Gasteiger partial charge is 0.187 e. The molecule has 0 aromatic carbocycles. The fraction of sp³-hybridized carbons (Fsp3) is 1.00. The van der Waals surface area contributed by atoms with E-state index in [1.54, 1.807) is 0 Å². The molecular formula is C50H82O22. The normalized spacial score (nSPS) is 57.8. The predicted octanol–water partition coefficient (Wildman–Crippen LogP) is -2.27. The van der Waals surface area contributed by atoms with Gasteiger partial charge in [0.15, 0.2) is 30.9 Å². The van der Waals surface area contributed by atoms with Crippen LogP contribution in [0.1, 0.15) is 91.9 Å². The average Bonchev–Trinajstić information content (AvgIpc) is 3.82. The molecule has 22 heteroatoms. The van der Waals surface area contributed by atoms with E-state index in [0.29, 0.717) is 47.8 Å². The van der Waals surface area contributed by atoms with Crippen LogP contribution in [-0.2, 0) is 47.4 Å². The van der Waals surface area contributed by atoms with Crippen LogP contribution in [0.2, 0.25) is 0 Å². The van der Waals surface area contributed by atoms with Gasteiger partial charge >= 0.3 is 0 Å². The number of aliphatic hydroxyl groups is 12. The SMILES string of the molecule is C[C@@H]1CC[C@@]2(OC1)O[C@H]1C[C@H]3[C@@H]4CC[C@H]5C[C@@H](O[C@@H]6O[C@H](CO)[C@H](O[C@@H]7O[C@H](CO)[C@@H](O[C@@H]8OC[C@@H](O)[C@H](O)[C@H]8O)[C@H](O)[C@H]7O[C@@H]7O[C@H](CO)[C@@H](O)[C@H](O)[C@H]7O)[C@H](O)[C@H]6O)CC[C@]5(C)[C@H]4CC[C@]3(C)[C@H]1[C@@H]2C. The van der Waals surface area contributed by atoms with Gasteiger partial charge in [0, 0.05) is 12.3 Å². The van der Waals surface area contributed by atoms with Crippen molar-refractivity contribution in [1.29, 1.82) is 0 Å². The van der Waals surface area contributed by atoms with E-state index in [2.05, 4.69) is 27.7 Å². The molecule has 12 N–H and O–H groups in total. The summed E-state index contributed by atoms with van der Waals surface area (Å²) in [4.78, 5) is 0. The largest absolute Gasteiger partial charge is 0.394 e. The molecule has 0 bridgehead atoms. The highest BCUT2D eigenvalue weighted by Gasteiger charge is 2.69. The Morgan fingerprint density at radius 3 is 1.82 bits per heavy atom. The van der Waals surface area contributed by atoms with Gasteiger partial charge in [-0.25, -0.2) is 0 Å². The molecule has 0 unspecified atom stereocenters. The molecule has 31 atom stereocenters. The van der Waals surface area contributed by atoms with E-state index < -0.39 is 149 Å². The van der Waals surface area contributed by atoms with Crippen LogP contribution in [-0.4, -0.2) is 229 Å². The van der Waals surface area contributed by atoms with Gasteiger partial charge in [0.1, 0.15) is 91.6 Å². The third-order valence-corrected chi connectivity index (χ3v) is 20.0. The average molecular weight is 1040 g/mol. The number of aliphatic hydroxyl groups excluding tert-OH is 12. The monoisotopic (exact) mass is 1030 g/mol. The molecule has 0 amide bonds. The fourth-order valence-electron chi connectivity index (χ4n) is 15.9. The number of ether oxygens (including phenoxy) is 10. The van der Waals surface area contributed by atoms with Crippen molar-refractivity contribution in [3.8, 4) is 0 Å². The quantitative estimate of drug-likeness (QED) is 0.0971. The van der Waals surface area contributed by atoms with Crippen LogP contribution in [0.4, 0.5) is 0 Å². The highest BCUT2D eigenvalue weighted by Crippen LogP contribution is 2.71. The lowest BCUT2D eigenvalue weighted by atomic mass is 9.44. The maximum atomic E-state index is 11.9. The summed E-state index contributed by atoms with van der Waals surface area (Å²) in [5.74, 6) is 3.08. The molecule has 10 rings (SSSR count). The zero-order chi connectivity index (χ0) is 51.3. The van der Waals surface area contributed by atoms with Crippen LogP contribution >= 0.6 is 0 Å². The number of hydrogen-bond acceptors (Lipinski definition) is 22. The van der Waals surface area contributed by atoms with Gasteiger partial charge < -0.3 is 109 Å². The van der Waals surface area contributed by atoms with Crippen molar-refractivity contribution in [2.45, 2.75) is 227 Å². The van der Waals surface area contributed by atoms with Crippen molar-refractivity contribution >= 4 is 0 Å². The van der Waals surface area contributed by atoms with Gasteiger partial charge in [0.05, 0.1) is 45.2 Å². The summed E-state index contributed by atoms with van der Waals surface area (Å²) < 4.78 is 61.1. The van der Waals surface area contributed by atoms with E-state index in [9.17, 15) is 61.3 Å². The molecular weight excluding hydrogens is 953 g/mol.